The third kappa shape index (κ3) is 15.3. The number of hydrogen-bond donors (Lipinski definition) is 1. The number of aliphatic hydroxyl groups is 1. The van der Waals surface area contributed by atoms with E-state index >= 15 is 0 Å². The zero-order valence-corrected chi connectivity index (χ0v) is 12.7. The van der Waals surface area contributed by atoms with Crippen molar-refractivity contribution in [1.29, 1.82) is 0 Å². The van der Waals surface area contributed by atoms with E-state index in [-0.39, 0.29) is 6.10 Å². The number of unbranched alkanes of at least 4 members (excludes halogenated alkanes) is 9. The number of aliphatic hydroxyl groups excluding tert-OH is 1. The van der Waals surface area contributed by atoms with Crippen molar-refractivity contribution in [1.82, 2.24) is 0 Å². The molecule has 1 N–H and O–H groups in total. The normalized spacial score (nSPS) is 12.9. The molecule has 0 rings (SSSR count). The zero-order chi connectivity index (χ0) is 14.2. The predicted octanol–water partition coefficient (Wildman–Crippen LogP) is 4.80. The van der Waals surface area contributed by atoms with Gasteiger partial charge in [-0.05, 0) is 18.9 Å². The van der Waals surface area contributed by atoms with Crippen LogP contribution in [0.1, 0.15) is 84.0 Å². The van der Waals surface area contributed by atoms with Crippen LogP contribution >= 0.6 is 0 Å². The van der Waals surface area contributed by atoms with Gasteiger partial charge in [-0.15, -0.1) is 0 Å². The van der Waals surface area contributed by atoms with Crippen LogP contribution in [-0.4, -0.2) is 17.5 Å². The van der Waals surface area contributed by atoms with Crippen LogP contribution in [0.5, 0.6) is 0 Å². The van der Waals surface area contributed by atoms with E-state index in [0.717, 1.165) is 19.1 Å². The number of carbonyl (C=O) groups is 1. The number of allylic oxidation sites excluding steroid dienone is 1. The highest BCUT2D eigenvalue weighted by molar-refractivity contribution is 5.64. The standard InChI is InChI=1S/C17H32O2/c1-2-3-4-5-6-7-8-9-10-11-14-17(19)15-12-13-16-18/h12-13,16-17,19H,2-11,14-15H2,1H3. The van der Waals surface area contributed by atoms with Crippen molar-refractivity contribution in [3.63, 3.8) is 0 Å². The van der Waals surface area contributed by atoms with Crippen molar-refractivity contribution in [2.75, 3.05) is 0 Å². The summed E-state index contributed by atoms with van der Waals surface area (Å²) in [6, 6.07) is 0. The molecule has 0 saturated carbocycles. The van der Waals surface area contributed by atoms with Crippen molar-refractivity contribution >= 4 is 6.29 Å². The van der Waals surface area contributed by atoms with Gasteiger partial charge in [0, 0.05) is 0 Å². The molecule has 0 fully saturated rings. The minimum absolute atomic E-state index is 0.273. The molecule has 0 aromatic heterocycles. The zero-order valence-electron chi connectivity index (χ0n) is 12.7. The van der Waals surface area contributed by atoms with Gasteiger partial charge in [-0.1, -0.05) is 77.2 Å². The first-order valence-corrected chi connectivity index (χ1v) is 8.09. The van der Waals surface area contributed by atoms with Crippen LogP contribution in [0, 0.1) is 0 Å². The van der Waals surface area contributed by atoms with E-state index in [1.165, 1.54) is 63.9 Å². The lowest BCUT2D eigenvalue weighted by Crippen LogP contribution is -2.04. The molecule has 0 bridgehead atoms. The van der Waals surface area contributed by atoms with E-state index in [2.05, 4.69) is 6.92 Å². The second-order valence-corrected chi connectivity index (χ2v) is 5.42. The maximum absolute atomic E-state index is 10.1. The van der Waals surface area contributed by atoms with Crippen molar-refractivity contribution in [2.24, 2.45) is 0 Å². The van der Waals surface area contributed by atoms with Gasteiger partial charge in [0.05, 0.1) is 6.10 Å². The molecular formula is C17H32O2. The maximum Gasteiger partial charge on any atom is 0.142 e. The summed E-state index contributed by atoms with van der Waals surface area (Å²) >= 11 is 0. The first-order chi connectivity index (χ1) is 9.31. The fourth-order valence-electron chi connectivity index (χ4n) is 2.28. The molecule has 1 unspecified atom stereocenters. The van der Waals surface area contributed by atoms with Crippen LogP contribution in [0.25, 0.3) is 0 Å². The first kappa shape index (κ1) is 18.4. The highest BCUT2D eigenvalue weighted by Gasteiger charge is 2.01. The Balaban J connectivity index is 3.13. The van der Waals surface area contributed by atoms with Crippen molar-refractivity contribution in [3.8, 4) is 0 Å². The molecule has 0 aromatic rings. The first-order valence-electron chi connectivity index (χ1n) is 8.09. The van der Waals surface area contributed by atoms with Crippen LogP contribution in [-0.2, 0) is 4.79 Å². The Morgan fingerprint density at radius 3 is 1.95 bits per heavy atom. The van der Waals surface area contributed by atoms with E-state index in [4.69, 9.17) is 0 Å². The molecule has 0 spiro atoms. The molecule has 0 aromatic carbocycles. The van der Waals surface area contributed by atoms with E-state index in [9.17, 15) is 9.90 Å². The van der Waals surface area contributed by atoms with Gasteiger partial charge in [0.15, 0.2) is 0 Å². The van der Waals surface area contributed by atoms with Crippen LogP contribution in [0.15, 0.2) is 12.2 Å². The summed E-state index contributed by atoms with van der Waals surface area (Å²) < 4.78 is 0. The van der Waals surface area contributed by atoms with Crippen LogP contribution < -0.4 is 0 Å². The predicted molar refractivity (Wildman–Crippen MR) is 82.3 cm³/mol. The van der Waals surface area contributed by atoms with Gasteiger partial charge in [0.25, 0.3) is 0 Å². The van der Waals surface area contributed by atoms with E-state index in [1.54, 1.807) is 6.08 Å². The Labute approximate surface area is 119 Å². The Kier molecular flexibility index (Phi) is 14.9. The van der Waals surface area contributed by atoms with E-state index in [0.29, 0.717) is 6.42 Å². The van der Waals surface area contributed by atoms with Crippen LogP contribution in [0.3, 0.4) is 0 Å². The van der Waals surface area contributed by atoms with Crippen LogP contribution in [0.2, 0.25) is 0 Å². The van der Waals surface area contributed by atoms with Gasteiger partial charge >= 0.3 is 0 Å². The molecule has 0 aliphatic rings. The number of hydrogen-bond acceptors (Lipinski definition) is 2. The maximum atomic E-state index is 10.1. The van der Waals surface area contributed by atoms with Crippen molar-refractivity contribution in [3.05, 3.63) is 12.2 Å². The molecule has 2 nitrogen and oxygen atoms in total. The second-order valence-electron chi connectivity index (χ2n) is 5.42. The number of rotatable bonds is 14. The Hall–Kier alpha value is -0.630. The van der Waals surface area contributed by atoms with Gasteiger partial charge in [0.1, 0.15) is 6.29 Å². The summed E-state index contributed by atoms with van der Waals surface area (Å²) in [6.45, 7) is 2.25. The van der Waals surface area contributed by atoms with Gasteiger partial charge in [-0.3, -0.25) is 4.79 Å². The number of aldehydes is 1. The molecule has 0 saturated heterocycles. The minimum Gasteiger partial charge on any atom is -0.393 e. The third-order valence-corrected chi connectivity index (χ3v) is 3.51. The Morgan fingerprint density at radius 1 is 0.895 bits per heavy atom. The monoisotopic (exact) mass is 268 g/mol. The van der Waals surface area contributed by atoms with Gasteiger partial charge in [0.2, 0.25) is 0 Å². The average Bonchev–Trinajstić information content (AvgIpc) is 2.41. The summed E-state index contributed by atoms with van der Waals surface area (Å²) in [5.41, 5.74) is 0. The Bertz CT molecular complexity index is 211. The van der Waals surface area contributed by atoms with E-state index < -0.39 is 0 Å². The average molecular weight is 268 g/mol. The van der Waals surface area contributed by atoms with Gasteiger partial charge in [-0.25, -0.2) is 0 Å². The lowest BCUT2D eigenvalue weighted by atomic mass is 10.0. The second kappa shape index (κ2) is 15.4. The lowest BCUT2D eigenvalue weighted by molar-refractivity contribution is -0.104. The molecule has 2 heteroatoms. The van der Waals surface area contributed by atoms with E-state index in [1.807, 2.05) is 0 Å². The quantitative estimate of drug-likeness (QED) is 0.279. The minimum atomic E-state index is -0.273. The summed E-state index contributed by atoms with van der Waals surface area (Å²) in [5, 5.41) is 9.63. The highest BCUT2D eigenvalue weighted by atomic mass is 16.3. The molecule has 112 valence electrons. The van der Waals surface area contributed by atoms with Crippen molar-refractivity contribution < 1.29 is 9.90 Å². The highest BCUT2D eigenvalue weighted by Crippen LogP contribution is 2.12. The third-order valence-electron chi connectivity index (χ3n) is 3.51. The Morgan fingerprint density at radius 2 is 1.42 bits per heavy atom. The summed E-state index contributed by atoms with van der Waals surface area (Å²) in [4.78, 5) is 10.1. The SMILES string of the molecule is CCCCCCCCCCCCC(O)CC=CC=O. The largest absolute Gasteiger partial charge is 0.393 e. The van der Waals surface area contributed by atoms with Crippen molar-refractivity contribution in [2.45, 2.75) is 90.1 Å². The summed E-state index contributed by atoms with van der Waals surface area (Å²) in [6.07, 6.45) is 18.4. The molecule has 0 amide bonds. The topological polar surface area (TPSA) is 37.3 Å². The molecular weight excluding hydrogens is 236 g/mol. The molecule has 1 atom stereocenters. The molecule has 0 aliphatic carbocycles. The fourth-order valence-corrected chi connectivity index (χ4v) is 2.28. The van der Waals surface area contributed by atoms with Gasteiger partial charge in [-0.2, -0.15) is 0 Å². The molecule has 0 radical (unpaired) electrons. The lowest BCUT2D eigenvalue weighted by Gasteiger charge is -2.07. The summed E-state index contributed by atoms with van der Waals surface area (Å²) in [5.74, 6) is 0. The summed E-state index contributed by atoms with van der Waals surface area (Å²) in [7, 11) is 0. The molecule has 19 heavy (non-hydrogen) atoms. The number of carbonyl (C=O) groups excluding carboxylic acids is 1. The fraction of sp³-hybridized carbons (Fsp3) is 0.824. The smallest absolute Gasteiger partial charge is 0.142 e. The van der Waals surface area contributed by atoms with Crippen LogP contribution in [0.4, 0.5) is 0 Å². The molecule has 0 aliphatic heterocycles. The van der Waals surface area contributed by atoms with Gasteiger partial charge < -0.3 is 5.11 Å². The molecule has 0 heterocycles.